The highest BCUT2D eigenvalue weighted by Gasteiger charge is 2.30. The van der Waals surface area contributed by atoms with E-state index in [2.05, 4.69) is 6.92 Å². The second kappa shape index (κ2) is 12.8. The molecule has 166 valence electrons. The van der Waals surface area contributed by atoms with E-state index in [1.165, 1.54) is 37.1 Å². The zero-order chi connectivity index (χ0) is 22.6. The third-order valence-corrected chi connectivity index (χ3v) is 5.63. The maximum absolute atomic E-state index is 12.9. The summed E-state index contributed by atoms with van der Waals surface area (Å²) in [4.78, 5) is 38.0. The number of methoxy groups -OCH3 is 1. The second-order valence-electron chi connectivity index (χ2n) is 6.73. The van der Waals surface area contributed by atoms with Gasteiger partial charge in [0.2, 0.25) is 0 Å². The standard InChI is InChI=1S/C24H28O6S/c1-4-6-8-11-17(25)14-15-19-22(20(28-3)16-21(26)30-19)23(24(27)29-5-2)31-18-12-9-7-10-13-18/h7,9-10,12-16,23H,4-6,8,11H2,1-3H3/b15-14+. The molecule has 2 aromatic rings. The molecule has 1 heterocycles. The molecule has 1 unspecified atom stereocenters. The lowest BCUT2D eigenvalue weighted by Gasteiger charge is -2.19. The fraction of sp³-hybridized carbons (Fsp3) is 0.375. The highest BCUT2D eigenvalue weighted by molar-refractivity contribution is 8.00. The van der Waals surface area contributed by atoms with Gasteiger partial charge in [0.05, 0.1) is 25.3 Å². The van der Waals surface area contributed by atoms with Gasteiger partial charge < -0.3 is 13.9 Å². The summed E-state index contributed by atoms with van der Waals surface area (Å²) in [6.45, 7) is 3.99. The fourth-order valence-electron chi connectivity index (χ4n) is 2.93. The molecular formula is C24H28O6S. The van der Waals surface area contributed by atoms with Gasteiger partial charge in [0.15, 0.2) is 5.78 Å². The Morgan fingerprint density at radius 3 is 2.55 bits per heavy atom. The maximum atomic E-state index is 12.9. The van der Waals surface area contributed by atoms with Crippen LogP contribution in [-0.4, -0.2) is 25.5 Å². The zero-order valence-electron chi connectivity index (χ0n) is 18.1. The molecule has 0 saturated heterocycles. The monoisotopic (exact) mass is 444 g/mol. The van der Waals surface area contributed by atoms with Crippen LogP contribution < -0.4 is 10.4 Å². The van der Waals surface area contributed by atoms with Crippen LogP contribution in [0.25, 0.3) is 6.08 Å². The Labute approximate surface area is 186 Å². The number of thioether (sulfide) groups is 1. The molecule has 0 amide bonds. The summed E-state index contributed by atoms with van der Waals surface area (Å²) in [6.07, 6.45) is 6.01. The van der Waals surface area contributed by atoms with Crippen molar-refractivity contribution >= 4 is 29.6 Å². The first-order chi connectivity index (χ1) is 15.0. The van der Waals surface area contributed by atoms with Crippen molar-refractivity contribution in [3.05, 3.63) is 64.2 Å². The number of hydrogen-bond acceptors (Lipinski definition) is 7. The lowest BCUT2D eigenvalue weighted by molar-refractivity contribution is -0.142. The van der Waals surface area contributed by atoms with Gasteiger partial charge in [0.1, 0.15) is 16.8 Å². The van der Waals surface area contributed by atoms with Crippen LogP contribution in [0.4, 0.5) is 0 Å². The predicted molar refractivity (Wildman–Crippen MR) is 121 cm³/mol. The van der Waals surface area contributed by atoms with Gasteiger partial charge in [-0.25, -0.2) is 4.79 Å². The minimum atomic E-state index is -0.850. The number of unbranched alkanes of at least 4 members (excludes halogenated alkanes) is 2. The Morgan fingerprint density at radius 1 is 1.16 bits per heavy atom. The quantitative estimate of drug-likeness (QED) is 0.192. The summed E-state index contributed by atoms with van der Waals surface area (Å²) in [5.74, 6) is -0.258. The van der Waals surface area contributed by atoms with Crippen molar-refractivity contribution in [2.24, 2.45) is 0 Å². The molecule has 0 aliphatic heterocycles. The van der Waals surface area contributed by atoms with Crippen LogP contribution in [0.15, 0.2) is 56.6 Å². The Kier molecular flexibility index (Phi) is 10.1. The van der Waals surface area contributed by atoms with Gasteiger partial charge >= 0.3 is 11.6 Å². The molecule has 2 rings (SSSR count). The molecule has 1 atom stereocenters. The lowest BCUT2D eigenvalue weighted by Crippen LogP contribution is -2.17. The number of ether oxygens (including phenoxy) is 2. The van der Waals surface area contributed by atoms with Crippen LogP contribution in [0.2, 0.25) is 0 Å². The highest BCUT2D eigenvalue weighted by Crippen LogP contribution is 2.42. The molecule has 6 nitrogen and oxygen atoms in total. The number of allylic oxidation sites excluding steroid dienone is 1. The Morgan fingerprint density at radius 2 is 1.90 bits per heavy atom. The summed E-state index contributed by atoms with van der Waals surface area (Å²) in [5.41, 5.74) is -0.280. The fourth-order valence-corrected chi connectivity index (χ4v) is 4.03. The van der Waals surface area contributed by atoms with Gasteiger partial charge in [0, 0.05) is 11.3 Å². The summed E-state index contributed by atoms with van der Waals surface area (Å²) in [7, 11) is 1.41. The number of carbonyl (C=O) groups excluding carboxylic acids is 2. The summed E-state index contributed by atoms with van der Waals surface area (Å²) < 4.78 is 16.1. The SMILES string of the molecule is CCCCCC(=O)/C=C/c1oc(=O)cc(OC)c1C(Sc1ccccc1)C(=O)OCC. The number of ketones is 1. The van der Waals surface area contributed by atoms with E-state index in [0.29, 0.717) is 12.0 Å². The van der Waals surface area contributed by atoms with Crippen LogP contribution in [0.1, 0.15) is 56.1 Å². The first-order valence-corrected chi connectivity index (χ1v) is 11.2. The van der Waals surface area contributed by atoms with E-state index >= 15 is 0 Å². The van der Waals surface area contributed by atoms with Crippen LogP contribution in [0, 0.1) is 0 Å². The number of rotatable bonds is 12. The molecule has 1 aromatic carbocycles. The molecule has 0 saturated carbocycles. The van der Waals surface area contributed by atoms with Crippen molar-refractivity contribution in [2.45, 2.75) is 49.7 Å². The molecule has 0 spiro atoms. The predicted octanol–water partition coefficient (Wildman–Crippen LogP) is 5.21. The van der Waals surface area contributed by atoms with Crippen molar-refractivity contribution in [3.63, 3.8) is 0 Å². The zero-order valence-corrected chi connectivity index (χ0v) is 18.9. The van der Waals surface area contributed by atoms with Crippen LogP contribution in [0.5, 0.6) is 5.75 Å². The van der Waals surface area contributed by atoms with Crippen molar-refractivity contribution in [2.75, 3.05) is 13.7 Å². The van der Waals surface area contributed by atoms with E-state index in [9.17, 15) is 14.4 Å². The van der Waals surface area contributed by atoms with E-state index in [-0.39, 0.29) is 23.9 Å². The second-order valence-corrected chi connectivity index (χ2v) is 7.91. The van der Waals surface area contributed by atoms with Gasteiger partial charge in [0.25, 0.3) is 0 Å². The number of carbonyl (C=O) groups is 2. The Bertz CT molecular complexity index is 948. The normalized spacial score (nSPS) is 12.0. The molecular weight excluding hydrogens is 416 g/mol. The first-order valence-electron chi connectivity index (χ1n) is 10.3. The molecule has 0 N–H and O–H groups in total. The van der Waals surface area contributed by atoms with Gasteiger partial charge in [-0.05, 0) is 37.6 Å². The van der Waals surface area contributed by atoms with E-state index in [0.717, 1.165) is 24.2 Å². The van der Waals surface area contributed by atoms with Crippen molar-refractivity contribution in [1.82, 2.24) is 0 Å². The van der Waals surface area contributed by atoms with Gasteiger partial charge in [-0.1, -0.05) is 38.0 Å². The van der Waals surface area contributed by atoms with E-state index in [1.54, 1.807) is 6.92 Å². The lowest BCUT2D eigenvalue weighted by atomic mass is 10.1. The third-order valence-electron chi connectivity index (χ3n) is 4.42. The van der Waals surface area contributed by atoms with Gasteiger partial charge in [-0.3, -0.25) is 9.59 Å². The average molecular weight is 445 g/mol. The molecule has 1 aromatic heterocycles. The molecule has 0 aliphatic rings. The molecule has 31 heavy (non-hydrogen) atoms. The Hall–Kier alpha value is -2.80. The summed E-state index contributed by atoms with van der Waals surface area (Å²) in [6, 6.07) is 10.5. The van der Waals surface area contributed by atoms with E-state index in [4.69, 9.17) is 13.9 Å². The molecule has 0 fully saturated rings. The average Bonchev–Trinajstić information content (AvgIpc) is 2.77. The van der Waals surface area contributed by atoms with Crippen molar-refractivity contribution in [1.29, 1.82) is 0 Å². The minimum absolute atomic E-state index is 0.0757. The minimum Gasteiger partial charge on any atom is -0.496 e. The molecule has 0 bridgehead atoms. The summed E-state index contributed by atoms with van der Waals surface area (Å²) >= 11 is 1.26. The van der Waals surface area contributed by atoms with Crippen molar-refractivity contribution in [3.8, 4) is 5.75 Å². The molecule has 0 aliphatic carbocycles. The van der Waals surface area contributed by atoms with Crippen LogP contribution >= 0.6 is 11.8 Å². The number of hydrogen-bond donors (Lipinski definition) is 0. The van der Waals surface area contributed by atoms with Gasteiger partial charge in [-0.2, -0.15) is 0 Å². The van der Waals surface area contributed by atoms with Gasteiger partial charge in [-0.15, -0.1) is 11.8 Å². The van der Waals surface area contributed by atoms with Crippen LogP contribution in [0.3, 0.4) is 0 Å². The smallest absolute Gasteiger partial charge is 0.339 e. The van der Waals surface area contributed by atoms with Crippen LogP contribution in [-0.2, 0) is 14.3 Å². The largest absolute Gasteiger partial charge is 0.496 e. The molecule has 7 heteroatoms. The van der Waals surface area contributed by atoms with E-state index in [1.807, 2.05) is 30.3 Å². The van der Waals surface area contributed by atoms with Crippen molar-refractivity contribution < 1.29 is 23.5 Å². The topological polar surface area (TPSA) is 82.8 Å². The Balaban J connectivity index is 2.49. The van der Waals surface area contributed by atoms with E-state index < -0.39 is 16.8 Å². The first kappa shape index (κ1) is 24.5. The number of benzene rings is 1. The number of esters is 1. The molecule has 0 radical (unpaired) electrons. The maximum Gasteiger partial charge on any atom is 0.339 e. The highest BCUT2D eigenvalue weighted by atomic mass is 32.2. The summed E-state index contributed by atoms with van der Waals surface area (Å²) in [5, 5.41) is -0.850. The third kappa shape index (κ3) is 7.43.